The summed E-state index contributed by atoms with van der Waals surface area (Å²) in [5.41, 5.74) is 0.754. The van der Waals surface area contributed by atoms with Gasteiger partial charge in [0.1, 0.15) is 11.5 Å². The van der Waals surface area contributed by atoms with Crippen LogP contribution in [0.25, 0.3) is 0 Å². The molecule has 9 heteroatoms. The van der Waals surface area contributed by atoms with Crippen LogP contribution in [-0.2, 0) is 16.6 Å². The molecule has 0 aliphatic carbocycles. The fourth-order valence-electron chi connectivity index (χ4n) is 3.07. The lowest BCUT2D eigenvalue weighted by Crippen LogP contribution is -2.35. The number of carbonyl (C=O) groups is 1. The van der Waals surface area contributed by atoms with E-state index in [1.165, 1.54) is 23.5 Å². The molecule has 1 saturated heterocycles. The predicted octanol–water partition coefficient (Wildman–Crippen LogP) is 2.40. The lowest BCUT2D eigenvalue weighted by atomic mass is 10.2. The van der Waals surface area contributed by atoms with Crippen molar-refractivity contribution in [3.05, 3.63) is 41.7 Å². The topological polar surface area (TPSA) is 98.1 Å². The molecule has 8 nitrogen and oxygen atoms in total. The van der Waals surface area contributed by atoms with Gasteiger partial charge in [0, 0.05) is 31.3 Å². The Morgan fingerprint density at radius 2 is 1.86 bits per heavy atom. The van der Waals surface area contributed by atoms with Gasteiger partial charge in [-0.15, -0.1) is 0 Å². The van der Waals surface area contributed by atoms with Crippen LogP contribution in [0.5, 0.6) is 11.5 Å². The predicted molar refractivity (Wildman–Crippen MR) is 102 cm³/mol. The van der Waals surface area contributed by atoms with Crippen LogP contribution in [-0.4, -0.2) is 45.9 Å². The molecule has 2 aromatic rings. The minimum atomic E-state index is -3.71. The van der Waals surface area contributed by atoms with Gasteiger partial charge in [0.2, 0.25) is 5.09 Å². The maximum absolute atomic E-state index is 12.6. The van der Waals surface area contributed by atoms with E-state index in [2.05, 4.69) is 5.32 Å². The molecule has 1 aliphatic heterocycles. The summed E-state index contributed by atoms with van der Waals surface area (Å²) in [5, 5.41) is 2.50. The fourth-order valence-corrected chi connectivity index (χ4v) is 4.50. The summed E-state index contributed by atoms with van der Waals surface area (Å²) < 4.78 is 42.4. The Morgan fingerprint density at radius 3 is 2.54 bits per heavy atom. The molecule has 1 N–H and O–H groups in total. The number of nitrogens with one attached hydrogen (secondary N) is 1. The highest BCUT2D eigenvalue weighted by atomic mass is 32.2. The quantitative estimate of drug-likeness (QED) is 0.755. The zero-order valence-electron chi connectivity index (χ0n) is 15.9. The van der Waals surface area contributed by atoms with Gasteiger partial charge in [0.25, 0.3) is 15.9 Å². The molecule has 152 valence electrons. The highest BCUT2D eigenvalue weighted by Crippen LogP contribution is 2.25. The van der Waals surface area contributed by atoms with E-state index in [1.54, 1.807) is 25.3 Å². The van der Waals surface area contributed by atoms with Crippen molar-refractivity contribution in [2.24, 2.45) is 0 Å². The Balaban J connectivity index is 1.68. The minimum absolute atomic E-state index is 0.0527. The molecule has 0 unspecified atom stereocenters. The second kappa shape index (κ2) is 8.66. The third-order valence-corrected chi connectivity index (χ3v) is 6.42. The summed E-state index contributed by atoms with van der Waals surface area (Å²) in [5.74, 6) is 0.666. The standard InChI is InChI=1S/C19H24N2O6S/c1-25-15-7-6-14(17(12-15)26-2)13-20-19(22)16-8-9-18(27-16)28(23,24)21-10-4-3-5-11-21/h6-9,12H,3-5,10-11,13H2,1-2H3,(H,20,22). The van der Waals surface area contributed by atoms with Gasteiger partial charge in [-0.05, 0) is 37.1 Å². The molecule has 0 bridgehead atoms. The number of ether oxygens (including phenoxy) is 2. The Hall–Kier alpha value is -2.52. The van der Waals surface area contributed by atoms with Crippen molar-refractivity contribution >= 4 is 15.9 Å². The molecule has 28 heavy (non-hydrogen) atoms. The van der Waals surface area contributed by atoms with E-state index >= 15 is 0 Å². The smallest absolute Gasteiger partial charge is 0.287 e. The number of sulfonamides is 1. The van der Waals surface area contributed by atoms with Crippen LogP contribution in [0.15, 0.2) is 39.8 Å². The number of carbonyl (C=O) groups excluding carboxylic acids is 1. The second-order valence-corrected chi connectivity index (χ2v) is 8.31. The molecule has 1 aliphatic rings. The van der Waals surface area contributed by atoms with E-state index in [-0.39, 0.29) is 17.4 Å². The summed E-state index contributed by atoms with van der Waals surface area (Å²) in [6.07, 6.45) is 2.68. The summed E-state index contributed by atoms with van der Waals surface area (Å²) in [6, 6.07) is 7.97. The Bertz CT molecular complexity index is 932. The Kier molecular flexibility index (Phi) is 6.25. The number of methoxy groups -OCH3 is 2. The molecule has 0 saturated carbocycles. The molecular weight excluding hydrogens is 384 g/mol. The summed E-state index contributed by atoms with van der Waals surface area (Å²) in [6.45, 7) is 1.14. The number of hydrogen-bond donors (Lipinski definition) is 1. The summed E-state index contributed by atoms with van der Waals surface area (Å²) >= 11 is 0. The maximum atomic E-state index is 12.6. The molecule has 0 radical (unpaired) electrons. The average molecular weight is 408 g/mol. The van der Waals surface area contributed by atoms with E-state index in [0.29, 0.717) is 24.6 Å². The number of amides is 1. The van der Waals surface area contributed by atoms with Crippen LogP contribution in [0.3, 0.4) is 0 Å². The number of nitrogens with zero attached hydrogens (tertiary/aromatic N) is 1. The van der Waals surface area contributed by atoms with Crippen molar-refractivity contribution < 1.29 is 27.1 Å². The lowest BCUT2D eigenvalue weighted by Gasteiger charge is -2.24. The van der Waals surface area contributed by atoms with Crippen LogP contribution in [0.2, 0.25) is 0 Å². The molecule has 3 rings (SSSR count). The second-order valence-electron chi connectivity index (χ2n) is 6.44. The number of piperidine rings is 1. The molecule has 1 aromatic carbocycles. The van der Waals surface area contributed by atoms with Crippen LogP contribution < -0.4 is 14.8 Å². The third-order valence-electron chi connectivity index (χ3n) is 4.65. The third kappa shape index (κ3) is 4.31. The monoisotopic (exact) mass is 408 g/mol. The first-order valence-corrected chi connectivity index (χ1v) is 10.5. The first-order chi connectivity index (χ1) is 13.5. The minimum Gasteiger partial charge on any atom is -0.497 e. The fraction of sp³-hybridized carbons (Fsp3) is 0.421. The van der Waals surface area contributed by atoms with Crippen LogP contribution >= 0.6 is 0 Å². The highest BCUT2D eigenvalue weighted by molar-refractivity contribution is 7.89. The van der Waals surface area contributed by atoms with E-state index in [4.69, 9.17) is 13.9 Å². The maximum Gasteiger partial charge on any atom is 0.287 e. The lowest BCUT2D eigenvalue weighted by molar-refractivity contribution is 0.0917. The zero-order valence-corrected chi connectivity index (χ0v) is 16.8. The largest absolute Gasteiger partial charge is 0.497 e. The van der Waals surface area contributed by atoms with Crippen LogP contribution in [0, 0.1) is 0 Å². The highest BCUT2D eigenvalue weighted by Gasteiger charge is 2.29. The molecule has 0 atom stereocenters. The van der Waals surface area contributed by atoms with E-state index in [1.807, 2.05) is 0 Å². The molecule has 1 fully saturated rings. The first-order valence-electron chi connectivity index (χ1n) is 9.05. The molecule has 0 spiro atoms. The normalized spacial score (nSPS) is 15.2. The van der Waals surface area contributed by atoms with Gasteiger partial charge < -0.3 is 19.2 Å². The van der Waals surface area contributed by atoms with E-state index in [0.717, 1.165) is 24.8 Å². The molecule has 2 heterocycles. The number of benzene rings is 1. The van der Waals surface area contributed by atoms with Crippen molar-refractivity contribution in [3.63, 3.8) is 0 Å². The van der Waals surface area contributed by atoms with Gasteiger partial charge in [-0.25, -0.2) is 8.42 Å². The molecule has 1 aromatic heterocycles. The molecule has 1 amide bonds. The zero-order chi connectivity index (χ0) is 20.1. The van der Waals surface area contributed by atoms with E-state index in [9.17, 15) is 13.2 Å². The van der Waals surface area contributed by atoms with Crippen molar-refractivity contribution in [2.45, 2.75) is 30.9 Å². The van der Waals surface area contributed by atoms with E-state index < -0.39 is 15.9 Å². The first kappa shape index (κ1) is 20.2. The van der Waals surface area contributed by atoms with Crippen molar-refractivity contribution in [2.75, 3.05) is 27.3 Å². The number of hydrogen-bond acceptors (Lipinski definition) is 6. The van der Waals surface area contributed by atoms with Gasteiger partial charge in [0.15, 0.2) is 5.76 Å². The van der Waals surface area contributed by atoms with Crippen molar-refractivity contribution in [3.8, 4) is 11.5 Å². The number of furan rings is 1. The summed E-state index contributed by atoms with van der Waals surface area (Å²) in [4.78, 5) is 12.4. The van der Waals surface area contributed by atoms with Gasteiger partial charge in [-0.2, -0.15) is 4.31 Å². The SMILES string of the molecule is COc1ccc(CNC(=O)c2ccc(S(=O)(=O)N3CCCCC3)o2)c(OC)c1. The van der Waals surface area contributed by atoms with Crippen molar-refractivity contribution in [1.29, 1.82) is 0 Å². The number of rotatable bonds is 7. The van der Waals surface area contributed by atoms with Gasteiger partial charge in [-0.3, -0.25) is 4.79 Å². The molecular formula is C19H24N2O6S. The Labute approximate surface area is 164 Å². The Morgan fingerprint density at radius 1 is 1.11 bits per heavy atom. The average Bonchev–Trinajstić information content (AvgIpc) is 3.23. The van der Waals surface area contributed by atoms with Crippen LogP contribution in [0.4, 0.5) is 0 Å². The van der Waals surface area contributed by atoms with Gasteiger partial charge in [-0.1, -0.05) is 6.42 Å². The van der Waals surface area contributed by atoms with Gasteiger partial charge in [0.05, 0.1) is 14.2 Å². The summed E-state index contributed by atoms with van der Waals surface area (Å²) in [7, 11) is -0.617. The van der Waals surface area contributed by atoms with Gasteiger partial charge >= 0.3 is 0 Å². The van der Waals surface area contributed by atoms with Crippen LogP contribution in [0.1, 0.15) is 35.4 Å². The van der Waals surface area contributed by atoms with Crippen molar-refractivity contribution in [1.82, 2.24) is 9.62 Å².